The third-order valence-corrected chi connectivity index (χ3v) is 15.4. The smallest absolute Gasteiger partial charge is 0.306 e. The standard InChI is InChI=1S/C52H64F2N4O6/c1-31(2)39(26-46(59)63-5)49(61)57-22-10-12-44(57)42-24-35(29-55-42)33-14-16-34(17-15-33)38-19-18-37(41-28-51(20-8-7-9-21-51)52(53,54)48(38)41)36-25-43(56-30-36)45-13-11-23-58(45)50(62)40(32(3)4)27-47(60)64-6/h14-19,29-32,39-40,44-45H,7-13,20-28H2,1-6H3/t39-,40-,44-,45-/m0/s1. The van der Waals surface area contributed by atoms with E-state index in [9.17, 15) is 19.2 Å². The minimum absolute atomic E-state index is 0.0193. The van der Waals surface area contributed by atoms with E-state index in [1.807, 2.05) is 86.3 Å². The number of carbonyl (C=O) groups is 4. The minimum atomic E-state index is -3.03. The largest absolute Gasteiger partial charge is 0.469 e. The van der Waals surface area contributed by atoms with Gasteiger partial charge in [0, 0.05) is 60.7 Å². The van der Waals surface area contributed by atoms with Crippen molar-refractivity contribution < 1.29 is 37.4 Å². The van der Waals surface area contributed by atoms with Crippen molar-refractivity contribution in [2.45, 2.75) is 136 Å². The Labute approximate surface area is 376 Å². The van der Waals surface area contributed by atoms with Gasteiger partial charge in [-0.3, -0.25) is 29.2 Å². The zero-order valence-electron chi connectivity index (χ0n) is 38.4. The molecular formula is C52H64F2N4O6. The summed E-state index contributed by atoms with van der Waals surface area (Å²) in [6.07, 6.45) is 11.9. The SMILES string of the molecule is COC(=O)C[C@H](C(=O)N1CCC[C@H]1C1=NC=C(c2ccc(-c3ccc(C4=CN=C([C@@H]5CCCN5C(=O)[C@@H](CC(=O)OC)C(C)C)C4)c4c3C(F)(F)C3(CCCCC3)C4)cc2)C1)C(C)C. The first-order valence-electron chi connectivity index (χ1n) is 23.6. The maximum Gasteiger partial charge on any atom is 0.306 e. The lowest BCUT2D eigenvalue weighted by Crippen LogP contribution is -2.45. The molecule has 1 saturated carbocycles. The van der Waals surface area contributed by atoms with Gasteiger partial charge in [0.1, 0.15) is 0 Å². The van der Waals surface area contributed by atoms with Crippen LogP contribution in [-0.2, 0) is 41.0 Å². The van der Waals surface area contributed by atoms with Crippen molar-refractivity contribution in [2.24, 2.45) is 39.1 Å². The lowest BCUT2D eigenvalue weighted by molar-refractivity contribution is -0.148. The van der Waals surface area contributed by atoms with Gasteiger partial charge in [-0.2, -0.15) is 0 Å². The van der Waals surface area contributed by atoms with Crippen molar-refractivity contribution in [2.75, 3.05) is 27.3 Å². The number of halogens is 2. The van der Waals surface area contributed by atoms with Crippen molar-refractivity contribution in [3.8, 4) is 11.1 Å². The van der Waals surface area contributed by atoms with Crippen LogP contribution in [0.15, 0.2) is 58.8 Å². The molecule has 8 rings (SSSR count). The second kappa shape index (κ2) is 18.5. The Bertz CT molecular complexity index is 2290. The van der Waals surface area contributed by atoms with Crippen molar-refractivity contribution in [1.82, 2.24) is 9.80 Å². The zero-order chi connectivity index (χ0) is 45.5. The molecule has 2 aliphatic carbocycles. The summed E-state index contributed by atoms with van der Waals surface area (Å²) in [6, 6.07) is 11.4. The lowest BCUT2D eigenvalue weighted by Gasteiger charge is -2.39. The van der Waals surface area contributed by atoms with E-state index in [1.165, 1.54) is 14.2 Å². The molecule has 3 fully saturated rings. The van der Waals surface area contributed by atoms with Crippen LogP contribution in [0.1, 0.15) is 133 Å². The molecule has 12 heteroatoms. The summed E-state index contributed by atoms with van der Waals surface area (Å²) in [5, 5.41) is 0. The predicted molar refractivity (Wildman–Crippen MR) is 244 cm³/mol. The summed E-state index contributed by atoms with van der Waals surface area (Å²) in [5.41, 5.74) is 6.50. The molecule has 4 atom stereocenters. The molecule has 1 spiro atoms. The molecule has 0 bridgehead atoms. The number of hydrogen-bond acceptors (Lipinski definition) is 8. The Balaban J connectivity index is 1.02. The number of fused-ring (bicyclic) bond motifs is 1. The van der Waals surface area contributed by atoms with Gasteiger partial charge in [0.15, 0.2) is 0 Å². The maximum absolute atomic E-state index is 17.4. The molecule has 10 nitrogen and oxygen atoms in total. The first kappa shape index (κ1) is 45.6. The Kier molecular flexibility index (Phi) is 13.2. The molecule has 0 unspecified atom stereocenters. The number of benzene rings is 2. The van der Waals surface area contributed by atoms with E-state index in [1.54, 1.807) is 0 Å². The molecule has 2 saturated heterocycles. The van der Waals surface area contributed by atoms with Crippen molar-refractivity contribution >= 4 is 46.3 Å². The molecular weight excluding hydrogens is 815 g/mol. The second-order valence-corrected chi connectivity index (χ2v) is 19.7. The predicted octanol–water partition coefficient (Wildman–Crippen LogP) is 9.98. The average molecular weight is 879 g/mol. The average Bonchev–Trinajstić information content (AvgIpc) is 4.15. The quantitative estimate of drug-likeness (QED) is 0.185. The fraction of sp³-hybridized carbons (Fsp3) is 0.577. The number of allylic oxidation sites excluding steroid dienone is 2. The molecule has 4 aliphatic heterocycles. The Morgan fingerprint density at radius 3 is 1.67 bits per heavy atom. The molecule has 0 aromatic heterocycles. The van der Waals surface area contributed by atoms with Crippen LogP contribution in [0.3, 0.4) is 0 Å². The fourth-order valence-electron chi connectivity index (χ4n) is 11.6. The van der Waals surface area contributed by atoms with E-state index >= 15 is 8.78 Å². The van der Waals surface area contributed by atoms with E-state index < -0.39 is 35.1 Å². The Morgan fingerprint density at radius 2 is 1.16 bits per heavy atom. The van der Waals surface area contributed by atoms with Gasteiger partial charge >= 0.3 is 11.9 Å². The van der Waals surface area contributed by atoms with Crippen LogP contribution in [0.2, 0.25) is 0 Å². The van der Waals surface area contributed by atoms with Gasteiger partial charge in [-0.25, -0.2) is 8.78 Å². The van der Waals surface area contributed by atoms with Gasteiger partial charge in [0.25, 0.3) is 5.92 Å². The third-order valence-electron chi connectivity index (χ3n) is 15.4. The van der Waals surface area contributed by atoms with Crippen LogP contribution in [0, 0.1) is 29.1 Å². The fourth-order valence-corrected chi connectivity index (χ4v) is 11.6. The summed E-state index contributed by atoms with van der Waals surface area (Å²) in [6.45, 7) is 9.02. The first-order chi connectivity index (χ1) is 30.7. The summed E-state index contributed by atoms with van der Waals surface area (Å²) in [4.78, 5) is 65.6. The van der Waals surface area contributed by atoms with E-state index in [0.717, 1.165) is 84.2 Å². The third kappa shape index (κ3) is 8.39. The molecule has 6 aliphatic rings. The number of alkyl halides is 2. The van der Waals surface area contributed by atoms with E-state index in [0.29, 0.717) is 56.3 Å². The summed E-state index contributed by atoms with van der Waals surface area (Å²) < 4.78 is 44.6. The van der Waals surface area contributed by atoms with E-state index in [4.69, 9.17) is 19.5 Å². The van der Waals surface area contributed by atoms with Gasteiger partial charge in [0.2, 0.25) is 11.8 Å². The number of esters is 2. The van der Waals surface area contributed by atoms with Gasteiger partial charge in [-0.15, -0.1) is 0 Å². The number of nitrogens with zero attached hydrogens (tertiary/aromatic N) is 4. The molecule has 0 N–H and O–H groups in total. The van der Waals surface area contributed by atoms with Gasteiger partial charge in [0.05, 0.1) is 51.0 Å². The van der Waals surface area contributed by atoms with Crippen molar-refractivity contribution in [3.05, 3.63) is 71.1 Å². The first-order valence-corrected chi connectivity index (χ1v) is 23.6. The number of ether oxygens (including phenoxy) is 2. The molecule has 2 aromatic rings. The number of hydrogen-bond donors (Lipinski definition) is 0. The van der Waals surface area contributed by atoms with Crippen LogP contribution in [0.5, 0.6) is 0 Å². The normalized spacial score (nSPS) is 23.2. The summed E-state index contributed by atoms with van der Waals surface area (Å²) in [5.74, 6) is -4.94. The molecule has 2 amide bonds. The number of amides is 2. The highest BCUT2D eigenvalue weighted by Crippen LogP contribution is 2.63. The highest BCUT2D eigenvalue weighted by atomic mass is 19.3. The van der Waals surface area contributed by atoms with Crippen LogP contribution < -0.4 is 0 Å². The Hall–Kier alpha value is -5.00. The second-order valence-electron chi connectivity index (χ2n) is 19.7. The number of methoxy groups -OCH3 is 2. The molecule has 64 heavy (non-hydrogen) atoms. The van der Waals surface area contributed by atoms with Gasteiger partial charge in [-0.05, 0) is 95.7 Å². The minimum Gasteiger partial charge on any atom is -0.469 e. The maximum atomic E-state index is 17.4. The van der Waals surface area contributed by atoms with Crippen LogP contribution >= 0.6 is 0 Å². The van der Waals surface area contributed by atoms with Crippen LogP contribution in [0.25, 0.3) is 22.3 Å². The molecule has 342 valence electrons. The topological polar surface area (TPSA) is 118 Å². The monoisotopic (exact) mass is 878 g/mol. The van der Waals surface area contributed by atoms with Crippen molar-refractivity contribution in [1.29, 1.82) is 0 Å². The summed E-state index contributed by atoms with van der Waals surface area (Å²) >= 11 is 0. The lowest BCUT2D eigenvalue weighted by atomic mass is 9.69. The number of likely N-dealkylation sites (tertiary alicyclic amines) is 2. The molecule has 0 radical (unpaired) electrons. The van der Waals surface area contributed by atoms with Crippen LogP contribution in [-0.4, -0.2) is 84.4 Å². The molecule has 4 heterocycles. The highest BCUT2D eigenvalue weighted by Gasteiger charge is 2.61. The van der Waals surface area contributed by atoms with E-state index in [2.05, 4.69) is 0 Å². The number of carbonyl (C=O) groups excluding carboxylic acids is 4. The van der Waals surface area contributed by atoms with Gasteiger partial charge < -0.3 is 19.3 Å². The van der Waals surface area contributed by atoms with Gasteiger partial charge in [-0.1, -0.05) is 83.4 Å². The Morgan fingerprint density at radius 1 is 0.672 bits per heavy atom. The zero-order valence-corrected chi connectivity index (χ0v) is 38.4. The number of aliphatic imine (C=N–C) groups is 2. The van der Waals surface area contributed by atoms with E-state index in [-0.39, 0.29) is 54.1 Å². The van der Waals surface area contributed by atoms with Crippen LogP contribution in [0.4, 0.5) is 8.78 Å². The summed E-state index contributed by atoms with van der Waals surface area (Å²) in [7, 11) is 2.68. The molecule has 2 aromatic carbocycles. The van der Waals surface area contributed by atoms with Crippen molar-refractivity contribution in [3.63, 3.8) is 0 Å². The number of rotatable bonds is 13. The highest BCUT2D eigenvalue weighted by molar-refractivity contribution is 6.05.